The van der Waals surface area contributed by atoms with E-state index in [4.69, 9.17) is 22.4 Å². The van der Waals surface area contributed by atoms with Crippen molar-refractivity contribution < 1.29 is 9.90 Å². The van der Waals surface area contributed by atoms with Crippen LogP contribution in [0.3, 0.4) is 0 Å². The minimum atomic E-state index is -1.02. The van der Waals surface area contributed by atoms with E-state index >= 15 is 0 Å². The summed E-state index contributed by atoms with van der Waals surface area (Å²) < 4.78 is 0. The second kappa shape index (κ2) is 6.51. The molecule has 0 aliphatic carbocycles. The van der Waals surface area contributed by atoms with Gasteiger partial charge in [-0.1, -0.05) is 29.8 Å². The SMILES string of the molecule is Nc1nnc(Nc2cccc(C(=O)O)c2)nc1-c1ccc(Cl)cc1. The predicted molar refractivity (Wildman–Crippen MR) is 91.4 cm³/mol. The normalized spacial score (nSPS) is 10.4. The minimum Gasteiger partial charge on any atom is -0.478 e. The van der Waals surface area contributed by atoms with Crippen LogP contribution in [0.1, 0.15) is 10.4 Å². The molecule has 0 unspecified atom stereocenters. The van der Waals surface area contributed by atoms with Crippen molar-refractivity contribution in [3.63, 3.8) is 0 Å². The largest absolute Gasteiger partial charge is 0.478 e. The highest BCUT2D eigenvalue weighted by molar-refractivity contribution is 6.30. The summed E-state index contributed by atoms with van der Waals surface area (Å²) in [5.41, 5.74) is 7.73. The van der Waals surface area contributed by atoms with Gasteiger partial charge in [0, 0.05) is 16.3 Å². The molecule has 8 heteroatoms. The average Bonchev–Trinajstić information content (AvgIpc) is 2.58. The molecular formula is C16H12ClN5O2. The first-order valence-corrected chi connectivity index (χ1v) is 7.27. The van der Waals surface area contributed by atoms with Gasteiger partial charge in [0.25, 0.3) is 0 Å². The average molecular weight is 342 g/mol. The number of carboxylic acids is 1. The number of aromatic nitrogens is 3. The Balaban J connectivity index is 1.92. The predicted octanol–water partition coefficient (Wildman–Crippen LogP) is 3.22. The van der Waals surface area contributed by atoms with Gasteiger partial charge < -0.3 is 16.2 Å². The van der Waals surface area contributed by atoms with Gasteiger partial charge in [0.05, 0.1) is 5.56 Å². The molecule has 0 fully saturated rings. The van der Waals surface area contributed by atoms with E-state index in [1.54, 1.807) is 36.4 Å². The van der Waals surface area contributed by atoms with Crippen LogP contribution in [0.25, 0.3) is 11.3 Å². The number of hydrogen-bond acceptors (Lipinski definition) is 6. The van der Waals surface area contributed by atoms with Crippen molar-refractivity contribution in [3.05, 3.63) is 59.1 Å². The first-order valence-electron chi connectivity index (χ1n) is 6.89. The van der Waals surface area contributed by atoms with Crippen molar-refractivity contribution in [3.8, 4) is 11.3 Å². The van der Waals surface area contributed by atoms with Crippen LogP contribution in [0.4, 0.5) is 17.5 Å². The molecule has 3 rings (SSSR count). The monoisotopic (exact) mass is 341 g/mol. The van der Waals surface area contributed by atoms with Gasteiger partial charge in [0.15, 0.2) is 5.82 Å². The molecule has 0 atom stereocenters. The molecule has 0 aliphatic rings. The molecule has 0 saturated heterocycles. The Kier molecular flexibility index (Phi) is 4.26. The number of nitrogens with zero attached hydrogens (tertiary/aromatic N) is 3. The minimum absolute atomic E-state index is 0.154. The molecule has 0 radical (unpaired) electrons. The molecule has 2 aromatic carbocycles. The molecule has 0 spiro atoms. The zero-order chi connectivity index (χ0) is 17.1. The Morgan fingerprint density at radius 1 is 1.12 bits per heavy atom. The Morgan fingerprint density at radius 2 is 1.88 bits per heavy atom. The molecule has 1 aromatic heterocycles. The lowest BCUT2D eigenvalue weighted by atomic mass is 10.1. The maximum Gasteiger partial charge on any atom is 0.335 e. The second-order valence-electron chi connectivity index (χ2n) is 4.89. The third kappa shape index (κ3) is 3.41. The molecule has 3 aromatic rings. The maximum absolute atomic E-state index is 11.0. The quantitative estimate of drug-likeness (QED) is 0.667. The Morgan fingerprint density at radius 3 is 2.58 bits per heavy atom. The molecule has 0 saturated carbocycles. The van der Waals surface area contributed by atoms with Crippen molar-refractivity contribution in [2.75, 3.05) is 11.1 Å². The number of rotatable bonds is 4. The van der Waals surface area contributed by atoms with E-state index in [2.05, 4.69) is 20.5 Å². The van der Waals surface area contributed by atoms with Gasteiger partial charge in [0.2, 0.25) is 5.95 Å². The van der Waals surface area contributed by atoms with Gasteiger partial charge >= 0.3 is 5.97 Å². The molecule has 4 N–H and O–H groups in total. The fraction of sp³-hybridized carbons (Fsp3) is 0. The van der Waals surface area contributed by atoms with Crippen molar-refractivity contribution in [1.29, 1.82) is 0 Å². The molecular weight excluding hydrogens is 330 g/mol. The maximum atomic E-state index is 11.0. The summed E-state index contributed by atoms with van der Waals surface area (Å²) in [4.78, 5) is 15.4. The van der Waals surface area contributed by atoms with Crippen LogP contribution in [0.2, 0.25) is 5.02 Å². The zero-order valence-corrected chi connectivity index (χ0v) is 13.0. The van der Waals surface area contributed by atoms with E-state index in [9.17, 15) is 4.79 Å². The Hall–Kier alpha value is -3.19. The van der Waals surface area contributed by atoms with Crippen LogP contribution in [-0.2, 0) is 0 Å². The van der Waals surface area contributed by atoms with Crippen LogP contribution in [0.15, 0.2) is 48.5 Å². The van der Waals surface area contributed by atoms with E-state index in [1.165, 1.54) is 12.1 Å². The van der Waals surface area contributed by atoms with Crippen LogP contribution in [-0.4, -0.2) is 26.3 Å². The van der Waals surface area contributed by atoms with Gasteiger partial charge in [0.1, 0.15) is 5.69 Å². The third-order valence-electron chi connectivity index (χ3n) is 3.20. The first kappa shape index (κ1) is 15.7. The Labute approximate surface area is 142 Å². The molecule has 1 heterocycles. The van der Waals surface area contributed by atoms with Crippen molar-refractivity contribution in [2.24, 2.45) is 0 Å². The van der Waals surface area contributed by atoms with Gasteiger partial charge in [-0.15, -0.1) is 10.2 Å². The van der Waals surface area contributed by atoms with E-state index in [1.807, 2.05) is 0 Å². The number of nitrogen functional groups attached to an aromatic ring is 1. The van der Waals surface area contributed by atoms with Gasteiger partial charge in [-0.05, 0) is 30.3 Å². The van der Waals surface area contributed by atoms with E-state index in [-0.39, 0.29) is 17.3 Å². The second-order valence-corrected chi connectivity index (χ2v) is 5.32. The number of carbonyl (C=O) groups is 1. The standard InChI is InChI=1S/C16H12ClN5O2/c17-11-6-4-9(5-7-11)13-14(18)21-22-16(20-13)19-12-3-1-2-10(8-12)15(23)24/h1-8H,(H2,18,21)(H,23,24)(H,19,20,22). The number of carboxylic acid groups (broad SMARTS) is 1. The molecule has 0 aliphatic heterocycles. The van der Waals surface area contributed by atoms with Crippen molar-refractivity contribution in [1.82, 2.24) is 15.2 Å². The summed E-state index contributed by atoms with van der Waals surface area (Å²) in [5, 5.41) is 20.3. The first-order chi connectivity index (χ1) is 11.5. The molecule has 120 valence electrons. The summed E-state index contributed by atoms with van der Waals surface area (Å²) in [6.07, 6.45) is 0. The number of anilines is 3. The van der Waals surface area contributed by atoms with Gasteiger partial charge in [-0.25, -0.2) is 9.78 Å². The number of halogens is 1. The molecule has 24 heavy (non-hydrogen) atoms. The van der Waals surface area contributed by atoms with E-state index in [0.29, 0.717) is 16.4 Å². The van der Waals surface area contributed by atoms with Crippen LogP contribution in [0, 0.1) is 0 Å². The smallest absolute Gasteiger partial charge is 0.335 e. The van der Waals surface area contributed by atoms with Crippen LogP contribution >= 0.6 is 11.6 Å². The summed E-state index contributed by atoms with van der Waals surface area (Å²) in [6, 6.07) is 13.3. The lowest BCUT2D eigenvalue weighted by Crippen LogP contribution is -2.05. The number of aromatic carboxylic acids is 1. The topological polar surface area (TPSA) is 114 Å². The number of nitrogens with two attached hydrogens (primary N) is 1. The summed E-state index contributed by atoms with van der Waals surface area (Å²) in [6.45, 7) is 0. The number of benzene rings is 2. The fourth-order valence-corrected chi connectivity index (χ4v) is 2.19. The van der Waals surface area contributed by atoms with Crippen molar-refractivity contribution in [2.45, 2.75) is 0 Å². The van der Waals surface area contributed by atoms with Crippen LogP contribution < -0.4 is 11.1 Å². The fourth-order valence-electron chi connectivity index (χ4n) is 2.07. The van der Waals surface area contributed by atoms with Crippen LogP contribution in [0.5, 0.6) is 0 Å². The summed E-state index contributed by atoms with van der Waals surface area (Å²) >= 11 is 5.88. The zero-order valence-electron chi connectivity index (χ0n) is 12.3. The highest BCUT2D eigenvalue weighted by Gasteiger charge is 2.10. The van der Waals surface area contributed by atoms with Gasteiger partial charge in [-0.2, -0.15) is 0 Å². The molecule has 0 amide bonds. The third-order valence-corrected chi connectivity index (χ3v) is 3.45. The molecule has 0 bridgehead atoms. The van der Waals surface area contributed by atoms with E-state index < -0.39 is 5.97 Å². The summed E-state index contributed by atoms with van der Waals surface area (Å²) in [5.74, 6) is -0.629. The van der Waals surface area contributed by atoms with Crippen molar-refractivity contribution >= 4 is 35.0 Å². The van der Waals surface area contributed by atoms with E-state index in [0.717, 1.165) is 5.56 Å². The molecule has 7 nitrogen and oxygen atoms in total. The Bertz CT molecular complexity index is 899. The highest BCUT2D eigenvalue weighted by atomic mass is 35.5. The van der Waals surface area contributed by atoms with Gasteiger partial charge in [-0.3, -0.25) is 0 Å². The summed E-state index contributed by atoms with van der Waals surface area (Å²) in [7, 11) is 0. The lowest BCUT2D eigenvalue weighted by Gasteiger charge is -2.08. The highest BCUT2D eigenvalue weighted by Crippen LogP contribution is 2.25. The number of nitrogens with one attached hydrogen (secondary N) is 1. The number of hydrogen-bond donors (Lipinski definition) is 3. The lowest BCUT2D eigenvalue weighted by molar-refractivity contribution is 0.0697.